The van der Waals surface area contributed by atoms with Crippen LogP contribution < -0.4 is 4.18 Å². The van der Waals surface area contributed by atoms with Gasteiger partial charge in [-0.15, -0.1) is 0 Å². The number of rotatable bonds is 4. The zero-order chi connectivity index (χ0) is 17.2. The van der Waals surface area contributed by atoms with E-state index in [-0.39, 0.29) is 0 Å². The summed E-state index contributed by atoms with van der Waals surface area (Å²) in [6.07, 6.45) is 3.38. The van der Waals surface area contributed by atoms with Gasteiger partial charge < -0.3 is 13.5 Å². The fourth-order valence-electron chi connectivity index (χ4n) is 3.00. The van der Waals surface area contributed by atoms with Crippen molar-refractivity contribution < 1.29 is 13.1 Å². The van der Waals surface area contributed by atoms with Gasteiger partial charge in [0.25, 0.3) is 11.3 Å². The van der Waals surface area contributed by atoms with Crippen molar-refractivity contribution in [2.75, 3.05) is 26.3 Å². The Morgan fingerprint density at radius 2 is 1.96 bits per heavy atom. The number of benzene rings is 1. The topological polar surface area (TPSA) is 56.6 Å². The van der Waals surface area contributed by atoms with E-state index in [9.17, 15) is 4.21 Å². The maximum atomic E-state index is 12.3. The monoisotopic (exact) mass is 357 g/mol. The standard InChI is InChI=1S/C18H19N3O3S/c1-20-17-5-3-2-4-14(17)11-18(20)15-10-16(13-19-12-15)24-25(22)21-6-8-23-9-7-21/h2-5,10-13H,6-9H2,1H3. The molecule has 3 aromatic rings. The zero-order valence-electron chi connectivity index (χ0n) is 13.9. The van der Waals surface area contributed by atoms with Crippen LogP contribution in [0.2, 0.25) is 0 Å². The average Bonchev–Trinajstić information content (AvgIpc) is 3.00. The molecule has 0 radical (unpaired) electrons. The van der Waals surface area contributed by atoms with Crippen LogP contribution in [0, 0.1) is 0 Å². The molecule has 1 atom stereocenters. The second-order valence-electron chi connectivity index (χ2n) is 5.90. The highest BCUT2D eigenvalue weighted by atomic mass is 32.2. The predicted octanol–water partition coefficient (Wildman–Crippen LogP) is 2.53. The van der Waals surface area contributed by atoms with E-state index in [0.717, 1.165) is 16.8 Å². The molecule has 130 valence electrons. The molecule has 1 unspecified atom stereocenters. The van der Waals surface area contributed by atoms with E-state index < -0.39 is 11.3 Å². The predicted molar refractivity (Wildman–Crippen MR) is 97.3 cm³/mol. The molecule has 0 bridgehead atoms. The molecule has 1 aromatic carbocycles. The van der Waals surface area contributed by atoms with E-state index >= 15 is 0 Å². The maximum Gasteiger partial charge on any atom is 0.290 e. The van der Waals surface area contributed by atoms with Crippen LogP contribution in [-0.4, -0.2) is 44.4 Å². The molecule has 0 aliphatic carbocycles. The first-order chi connectivity index (χ1) is 12.2. The van der Waals surface area contributed by atoms with Crippen LogP contribution in [0.4, 0.5) is 0 Å². The molecule has 25 heavy (non-hydrogen) atoms. The molecule has 1 aliphatic rings. The Morgan fingerprint density at radius 3 is 2.76 bits per heavy atom. The first-order valence-electron chi connectivity index (χ1n) is 8.15. The van der Waals surface area contributed by atoms with Crippen LogP contribution >= 0.6 is 0 Å². The SMILES string of the molecule is Cn1c(-c2cncc(OS(=O)N3CCOCC3)c2)cc2ccccc21. The van der Waals surface area contributed by atoms with Crippen molar-refractivity contribution in [3.8, 4) is 17.0 Å². The second kappa shape index (κ2) is 6.95. The number of ether oxygens (including phenoxy) is 1. The Kier molecular flexibility index (Phi) is 4.52. The molecule has 0 N–H and O–H groups in total. The van der Waals surface area contributed by atoms with Crippen LogP contribution in [0.5, 0.6) is 5.75 Å². The number of aromatic nitrogens is 2. The van der Waals surface area contributed by atoms with Gasteiger partial charge in [0.1, 0.15) is 0 Å². The van der Waals surface area contributed by atoms with Gasteiger partial charge >= 0.3 is 0 Å². The fraction of sp³-hybridized carbons (Fsp3) is 0.278. The summed E-state index contributed by atoms with van der Waals surface area (Å²) in [5, 5.41) is 1.17. The van der Waals surface area contributed by atoms with Gasteiger partial charge in [0.05, 0.1) is 25.1 Å². The van der Waals surface area contributed by atoms with E-state index in [1.54, 1.807) is 16.7 Å². The number of morpholine rings is 1. The summed E-state index contributed by atoms with van der Waals surface area (Å²) in [6, 6.07) is 12.2. The highest BCUT2D eigenvalue weighted by Gasteiger charge is 2.19. The third-order valence-corrected chi connectivity index (χ3v) is 5.43. The molecule has 0 spiro atoms. The molecule has 3 heterocycles. The van der Waals surface area contributed by atoms with Gasteiger partial charge in [0.2, 0.25) is 0 Å². The highest BCUT2D eigenvalue weighted by molar-refractivity contribution is 7.78. The molecule has 6 nitrogen and oxygen atoms in total. The Hall–Kier alpha value is -2.22. The minimum Gasteiger partial charge on any atom is -0.387 e. The zero-order valence-corrected chi connectivity index (χ0v) is 14.7. The van der Waals surface area contributed by atoms with Crippen molar-refractivity contribution >= 4 is 22.2 Å². The van der Waals surface area contributed by atoms with E-state index in [1.807, 2.05) is 25.2 Å². The molecule has 1 saturated heterocycles. The molecule has 0 saturated carbocycles. The average molecular weight is 357 g/mol. The van der Waals surface area contributed by atoms with Gasteiger partial charge in [0, 0.05) is 42.8 Å². The van der Waals surface area contributed by atoms with Crippen LogP contribution in [-0.2, 0) is 23.1 Å². The molecule has 0 amide bonds. The van der Waals surface area contributed by atoms with Gasteiger partial charge in [-0.1, -0.05) is 18.2 Å². The first kappa shape index (κ1) is 16.3. The van der Waals surface area contributed by atoms with Crippen molar-refractivity contribution in [1.29, 1.82) is 0 Å². The second-order valence-corrected chi connectivity index (χ2v) is 7.02. The van der Waals surface area contributed by atoms with Gasteiger partial charge in [-0.2, -0.15) is 8.51 Å². The fourth-order valence-corrected chi connectivity index (χ4v) is 3.81. The minimum atomic E-state index is -1.54. The number of nitrogens with zero attached hydrogens (tertiary/aromatic N) is 3. The molecular weight excluding hydrogens is 338 g/mol. The molecule has 7 heteroatoms. The van der Waals surface area contributed by atoms with Crippen molar-refractivity contribution in [2.24, 2.45) is 7.05 Å². The van der Waals surface area contributed by atoms with Gasteiger partial charge in [-0.05, 0) is 18.2 Å². The van der Waals surface area contributed by atoms with Crippen molar-refractivity contribution in [3.63, 3.8) is 0 Å². The smallest absolute Gasteiger partial charge is 0.290 e. The van der Waals surface area contributed by atoms with Gasteiger partial charge in [0.15, 0.2) is 5.75 Å². The number of fused-ring (bicyclic) bond motifs is 1. The highest BCUT2D eigenvalue weighted by Crippen LogP contribution is 2.28. The quantitative estimate of drug-likeness (QED) is 0.720. The third kappa shape index (κ3) is 3.30. The summed E-state index contributed by atoms with van der Waals surface area (Å²) < 4.78 is 27.1. The van der Waals surface area contributed by atoms with Crippen LogP contribution in [0.25, 0.3) is 22.2 Å². The molecule has 4 rings (SSSR count). The lowest BCUT2D eigenvalue weighted by Crippen LogP contribution is -2.39. The Bertz CT molecular complexity index is 919. The lowest BCUT2D eigenvalue weighted by Gasteiger charge is -2.24. The Labute approximate surface area is 148 Å². The van der Waals surface area contributed by atoms with E-state index in [2.05, 4.69) is 27.8 Å². The van der Waals surface area contributed by atoms with Crippen molar-refractivity contribution in [2.45, 2.75) is 0 Å². The number of hydrogen-bond donors (Lipinski definition) is 0. The summed E-state index contributed by atoms with van der Waals surface area (Å²) in [7, 11) is 2.02. The molecule has 1 aliphatic heterocycles. The van der Waals surface area contributed by atoms with E-state index in [0.29, 0.717) is 32.1 Å². The van der Waals surface area contributed by atoms with Gasteiger partial charge in [-0.3, -0.25) is 4.98 Å². The summed E-state index contributed by atoms with van der Waals surface area (Å²) >= 11 is -1.54. The molecular formula is C18H19N3O3S. The molecule has 1 fully saturated rings. The molecule has 2 aromatic heterocycles. The Balaban J connectivity index is 1.60. The summed E-state index contributed by atoms with van der Waals surface area (Å²) in [5.41, 5.74) is 3.12. The summed E-state index contributed by atoms with van der Waals surface area (Å²) in [6.45, 7) is 2.35. The van der Waals surface area contributed by atoms with Crippen LogP contribution in [0.15, 0.2) is 48.8 Å². The first-order valence-corrected chi connectivity index (χ1v) is 9.18. The normalized spacial score (nSPS) is 16.8. The van der Waals surface area contributed by atoms with Crippen molar-refractivity contribution in [1.82, 2.24) is 13.9 Å². The number of pyridine rings is 1. The third-order valence-electron chi connectivity index (χ3n) is 4.31. The Morgan fingerprint density at radius 1 is 1.16 bits per heavy atom. The maximum absolute atomic E-state index is 12.3. The minimum absolute atomic E-state index is 0.493. The van der Waals surface area contributed by atoms with E-state index in [1.165, 1.54) is 5.39 Å². The lowest BCUT2D eigenvalue weighted by molar-refractivity contribution is 0.0728. The number of hydrogen-bond acceptors (Lipinski definition) is 4. The number of aryl methyl sites for hydroxylation is 1. The van der Waals surface area contributed by atoms with Crippen LogP contribution in [0.1, 0.15) is 0 Å². The van der Waals surface area contributed by atoms with E-state index in [4.69, 9.17) is 8.92 Å². The summed E-state index contributed by atoms with van der Waals surface area (Å²) in [4.78, 5) is 4.25. The van der Waals surface area contributed by atoms with Crippen molar-refractivity contribution in [3.05, 3.63) is 48.8 Å². The number of para-hydroxylation sites is 1. The lowest BCUT2D eigenvalue weighted by atomic mass is 10.2. The van der Waals surface area contributed by atoms with Crippen LogP contribution in [0.3, 0.4) is 0 Å². The van der Waals surface area contributed by atoms with Gasteiger partial charge in [-0.25, -0.2) is 0 Å². The largest absolute Gasteiger partial charge is 0.387 e. The summed E-state index contributed by atoms with van der Waals surface area (Å²) in [5.74, 6) is 0.493.